The van der Waals surface area contributed by atoms with Gasteiger partial charge in [-0.1, -0.05) is 12.1 Å². The lowest BCUT2D eigenvalue weighted by Crippen LogP contribution is -2.13. The maximum absolute atomic E-state index is 10.9. The lowest BCUT2D eigenvalue weighted by atomic mass is 10.2. The van der Waals surface area contributed by atoms with Crippen molar-refractivity contribution in [2.75, 3.05) is 11.1 Å². The highest BCUT2D eigenvalue weighted by atomic mass is 79.9. The van der Waals surface area contributed by atoms with Gasteiger partial charge in [0.15, 0.2) is 0 Å². The summed E-state index contributed by atoms with van der Waals surface area (Å²) < 4.78 is 1.12. The number of carbonyl (C=O) groups excluding carboxylic acids is 1. The van der Waals surface area contributed by atoms with Gasteiger partial charge in [0.25, 0.3) is 0 Å². The minimum Gasteiger partial charge on any atom is -0.377 e. The highest BCUT2D eigenvalue weighted by Crippen LogP contribution is 2.32. The molecule has 20 heavy (non-hydrogen) atoms. The van der Waals surface area contributed by atoms with Crippen LogP contribution in [0.25, 0.3) is 0 Å². The molecule has 3 nitrogen and oxygen atoms in total. The van der Waals surface area contributed by atoms with E-state index in [0.29, 0.717) is 0 Å². The molecule has 1 amide bonds. The first kappa shape index (κ1) is 15.4. The monoisotopic (exact) mass is 370 g/mol. The van der Waals surface area contributed by atoms with Crippen molar-refractivity contribution < 1.29 is 4.79 Å². The number of thiophene rings is 1. The van der Waals surface area contributed by atoms with E-state index in [0.717, 1.165) is 14.4 Å². The first-order valence-corrected chi connectivity index (χ1v) is 8.67. The maximum atomic E-state index is 10.9. The Labute approximate surface area is 135 Å². The van der Waals surface area contributed by atoms with Gasteiger partial charge >= 0.3 is 0 Å². The highest BCUT2D eigenvalue weighted by molar-refractivity contribution is 9.11. The van der Waals surface area contributed by atoms with Crippen LogP contribution in [0.2, 0.25) is 0 Å². The molecule has 2 aromatic rings. The Morgan fingerprint density at radius 1 is 1.40 bits per heavy atom. The number of amides is 1. The average Bonchev–Trinajstić information content (AvgIpc) is 2.84. The third-order valence-electron chi connectivity index (χ3n) is 2.65. The van der Waals surface area contributed by atoms with Crippen LogP contribution in [0.5, 0.6) is 0 Å². The van der Waals surface area contributed by atoms with Gasteiger partial charge in [0.05, 0.1) is 15.6 Å². The number of hydrogen-bond donors (Lipinski definition) is 2. The molecule has 0 radical (unpaired) electrons. The maximum Gasteiger partial charge on any atom is 0.227 e. The smallest absolute Gasteiger partial charge is 0.227 e. The number of carbonyl (C=O) groups is 1. The highest BCUT2D eigenvalue weighted by Gasteiger charge is 2.11. The largest absolute Gasteiger partial charge is 0.377 e. The van der Waals surface area contributed by atoms with Crippen molar-refractivity contribution in [2.45, 2.75) is 17.9 Å². The zero-order valence-electron chi connectivity index (χ0n) is 10.9. The predicted molar refractivity (Wildman–Crippen MR) is 90.4 cm³/mol. The Kier molecular flexibility index (Phi) is 5.51. The molecule has 1 unspecified atom stereocenters. The summed E-state index contributed by atoms with van der Waals surface area (Å²) in [5.74, 6) is -0.0162. The van der Waals surface area contributed by atoms with Crippen LogP contribution in [0, 0.1) is 0 Å². The number of rotatable bonds is 6. The summed E-state index contributed by atoms with van der Waals surface area (Å²) in [6, 6.07) is 12.3. The molecule has 1 heterocycles. The van der Waals surface area contributed by atoms with Crippen LogP contribution in [-0.4, -0.2) is 11.7 Å². The number of benzene rings is 1. The van der Waals surface area contributed by atoms with Gasteiger partial charge in [-0.05, 0) is 47.1 Å². The van der Waals surface area contributed by atoms with E-state index in [2.05, 4.69) is 34.2 Å². The second-order valence-corrected chi connectivity index (χ2v) is 7.77. The van der Waals surface area contributed by atoms with Gasteiger partial charge in [-0.15, -0.1) is 23.1 Å². The van der Waals surface area contributed by atoms with Gasteiger partial charge in [0.1, 0.15) is 0 Å². The molecule has 0 bridgehead atoms. The summed E-state index contributed by atoms with van der Waals surface area (Å²) in [5, 5.41) is 3.48. The van der Waals surface area contributed by atoms with Crippen LogP contribution in [0.1, 0.15) is 17.8 Å². The minimum absolute atomic E-state index is 0.210. The normalized spacial score (nSPS) is 12.1. The molecule has 6 heteroatoms. The molecule has 0 aliphatic carbocycles. The van der Waals surface area contributed by atoms with Crippen LogP contribution in [-0.2, 0) is 4.79 Å². The number of halogens is 1. The van der Waals surface area contributed by atoms with Gasteiger partial charge in [-0.3, -0.25) is 4.79 Å². The fourth-order valence-electron chi connectivity index (χ4n) is 1.73. The molecule has 0 aliphatic rings. The Hall–Kier alpha value is -0.980. The zero-order chi connectivity index (χ0) is 14.5. The molecule has 0 aliphatic heterocycles. The second-order valence-electron chi connectivity index (χ2n) is 4.26. The van der Waals surface area contributed by atoms with Gasteiger partial charge in [0.2, 0.25) is 5.91 Å². The van der Waals surface area contributed by atoms with Gasteiger partial charge in [-0.2, -0.15) is 0 Å². The standard InChI is InChI=1S/C14H15BrN2OS2/c1-9(11-6-7-13(15)20-11)17-10-4-2-3-5-12(10)19-8-14(16)18/h2-7,9,17H,8H2,1H3,(H2,16,18). The van der Waals surface area contributed by atoms with Crippen molar-refractivity contribution in [3.05, 3.63) is 45.1 Å². The zero-order valence-corrected chi connectivity index (χ0v) is 14.1. The molecular formula is C14H15BrN2OS2. The molecule has 0 saturated carbocycles. The van der Waals surface area contributed by atoms with Crippen LogP contribution in [0.3, 0.4) is 0 Å². The summed E-state index contributed by atoms with van der Waals surface area (Å²) in [4.78, 5) is 13.2. The van der Waals surface area contributed by atoms with Crippen LogP contribution in [0.4, 0.5) is 5.69 Å². The fourth-order valence-corrected chi connectivity index (χ4v) is 3.91. The molecule has 1 aromatic carbocycles. The summed E-state index contributed by atoms with van der Waals surface area (Å²) >= 11 is 6.64. The molecule has 1 aromatic heterocycles. The van der Waals surface area contributed by atoms with E-state index in [-0.39, 0.29) is 17.7 Å². The quantitative estimate of drug-likeness (QED) is 0.746. The van der Waals surface area contributed by atoms with Crippen molar-refractivity contribution in [2.24, 2.45) is 5.73 Å². The molecule has 0 saturated heterocycles. The van der Waals surface area contributed by atoms with Crippen molar-refractivity contribution in [3.8, 4) is 0 Å². The second kappa shape index (κ2) is 7.15. The van der Waals surface area contributed by atoms with Gasteiger partial charge < -0.3 is 11.1 Å². The van der Waals surface area contributed by atoms with Crippen molar-refractivity contribution in [1.29, 1.82) is 0 Å². The van der Waals surface area contributed by atoms with E-state index in [9.17, 15) is 4.79 Å². The van der Waals surface area contributed by atoms with Crippen LogP contribution in [0.15, 0.2) is 45.1 Å². The third-order valence-corrected chi connectivity index (χ3v) is 5.55. The van der Waals surface area contributed by atoms with E-state index in [1.807, 2.05) is 30.3 Å². The van der Waals surface area contributed by atoms with E-state index in [1.165, 1.54) is 16.6 Å². The van der Waals surface area contributed by atoms with Crippen LogP contribution < -0.4 is 11.1 Å². The number of primary amides is 1. The van der Waals surface area contributed by atoms with E-state index in [4.69, 9.17) is 5.73 Å². The van der Waals surface area contributed by atoms with Crippen molar-refractivity contribution in [3.63, 3.8) is 0 Å². The number of para-hydroxylation sites is 1. The molecule has 3 N–H and O–H groups in total. The van der Waals surface area contributed by atoms with E-state index >= 15 is 0 Å². The van der Waals surface area contributed by atoms with Gasteiger partial charge in [-0.25, -0.2) is 0 Å². The first-order valence-electron chi connectivity index (χ1n) is 6.08. The molecule has 1 atom stereocenters. The summed E-state index contributed by atoms with van der Waals surface area (Å²) in [5.41, 5.74) is 6.23. The van der Waals surface area contributed by atoms with Crippen LogP contribution >= 0.6 is 39.0 Å². The molecule has 0 fully saturated rings. The SMILES string of the molecule is CC(Nc1ccccc1SCC(N)=O)c1ccc(Br)s1. The number of nitrogens with one attached hydrogen (secondary N) is 1. The number of nitrogens with two attached hydrogens (primary N) is 1. The topological polar surface area (TPSA) is 55.1 Å². The Morgan fingerprint density at radius 2 is 2.15 bits per heavy atom. The number of hydrogen-bond acceptors (Lipinski definition) is 4. The third kappa shape index (κ3) is 4.26. The Morgan fingerprint density at radius 3 is 2.80 bits per heavy atom. The van der Waals surface area contributed by atoms with Gasteiger partial charge in [0, 0.05) is 15.5 Å². The fraction of sp³-hybridized carbons (Fsp3) is 0.214. The number of thioether (sulfide) groups is 1. The number of anilines is 1. The van der Waals surface area contributed by atoms with Crippen molar-refractivity contribution >= 4 is 50.6 Å². The summed E-state index contributed by atoms with van der Waals surface area (Å²) in [6.45, 7) is 2.12. The van der Waals surface area contributed by atoms with E-state index < -0.39 is 0 Å². The van der Waals surface area contributed by atoms with Crippen molar-refractivity contribution in [1.82, 2.24) is 0 Å². The molecule has 0 spiro atoms. The van der Waals surface area contributed by atoms with E-state index in [1.54, 1.807) is 11.3 Å². The minimum atomic E-state index is -0.306. The molecule has 106 valence electrons. The lowest BCUT2D eigenvalue weighted by Gasteiger charge is -2.16. The molecule has 2 rings (SSSR count). The molecular weight excluding hydrogens is 356 g/mol. The Balaban J connectivity index is 2.10. The first-order chi connectivity index (χ1) is 9.56. The summed E-state index contributed by atoms with van der Waals surface area (Å²) in [6.07, 6.45) is 0. The Bertz CT molecular complexity index is 600. The predicted octanol–water partition coefficient (Wildman–Crippen LogP) is 4.26. The average molecular weight is 371 g/mol. The lowest BCUT2D eigenvalue weighted by molar-refractivity contribution is -0.115. The summed E-state index contributed by atoms with van der Waals surface area (Å²) in [7, 11) is 0.